The lowest BCUT2D eigenvalue weighted by Crippen LogP contribution is -1.98. The molecule has 3 aromatic rings. The van der Waals surface area contributed by atoms with Crippen molar-refractivity contribution in [3.8, 4) is 11.5 Å². The number of nitrogens with zero attached hydrogens (tertiary/aromatic N) is 2. The van der Waals surface area contributed by atoms with Gasteiger partial charge in [0, 0.05) is 5.56 Å². The van der Waals surface area contributed by atoms with Crippen LogP contribution in [0.4, 0.5) is 5.69 Å². The summed E-state index contributed by atoms with van der Waals surface area (Å²) in [4.78, 5) is 0. The van der Waals surface area contributed by atoms with E-state index in [4.69, 9.17) is 0 Å². The number of para-hydroxylation sites is 1. The second kappa shape index (κ2) is 7.18. The molecule has 0 saturated carbocycles. The molecule has 0 spiro atoms. The van der Waals surface area contributed by atoms with Crippen molar-refractivity contribution in [2.45, 2.75) is 19.9 Å². The van der Waals surface area contributed by atoms with E-state index < -0.39 is 6.04 Å². The highest BCUT2D eigenvalue weighted by Gasteiger charge is 2.19. The zero-order valence-electron chi connectivity index (χ0n) is 14.2. The van der Waals surface area contributed by atoms with Crippen molar-refractivity contribution in [2.75, 3.05) is 0 Å². The van der Waals surface area contributed by atoms with E-state index in [9.17, 15) is 10.2 Å². The normalized spacial score (nSPS) is 12.4. The van der Waals surface area contributed by atoms with Crippen LogP contribution in [0.2, 0.25) is 0 Å². The second-order valence-electron chi connectivity index (χ2n) is 6.03. The van der Waals surface area contributed by atoms with Crippen molar-refractivity contribution >= 4 is 5.69 Å². The molecule has 0 amide bonds. The zero-order chi connectivity index (χ0) is 17.8. The molecule has 126 valence electrons. The quantitative estimate of drug-likeness (QED) is 0.483. The summed E-state index contributed by atoms with van der Waals surface area (Å²) >= 11 is 0. The molecule has 1 unspecified atom stereocenters. The molecule has 2 N–H and O–H groups in total. The number of aryl methyl sites for hydroxylation is 2. The van der Waals surface area contributed by atoms with Crippen LogP contribution in [0.3, 0.4) is 0 Å². The van der Waals surface area contributed by atoms with E-state index in [0.717, 1.165) is 16.8 Å². The SMILES string of the molecule is Cc1ccc(N=NC(c2ccccc2)c2cccc(O)c2O)c(C)c1. The van der Waals surface area contributed by atoms with E-state index in [-0.39, 0.29) is 11.5 Å². The number of rotatable bonds is 4. The average molecular weight is 332 g/mol. The highest BCUT2D eigenvalue weighted by Crippen LogP contribution is 2.38. The lowest BCUT2D eigenvalue weighted by atomic mass is 9.98. The third-order valence-corrected chi connectivity index (χ3v) is 4.09. The first kappa shape index (κ1) is 16.7. The second-order valence-corrected chi connectivity index (χ2v) is 6.03. The number of hydrogen-bond donors (Lipinski definition) is 2. The van der Waals surface area contributed by atoms with Crippen molar-refractivity contribution in [3.05, 3.63) is 89.0 Å². The monoisotopic (exact) mass is 332 g/mol. The summed E-state index contributed by atoms with van der Waals surface area (Å²) in [5, 5.41) is 29.0. The Morgan fingerprint density at radius 1 is 0.840 bits per heavy atom. The minimum atomic E-state index is -0.506. The minimum Gasteiger partial charge on any atom is -0.504 e. The van der Waals surface area contributed by atoms with E-state index in [1.54, 1.807) is 12.1 Å². The number of hydrogen-bond acceptors (Lipinski definition) is 4. The molecule has 1 atom stereocenters. The fraction of sp³-hybridized carbons (Fsp3) is 0.143. The maximum absolute atomic E-state index is 10.3. The van der Waals surface area contributed by atoms with Gasteiger partial charge in [0.05, 0.1) is 5.69 Å². The van der Waals surface area contributed by atoms with Gasteiger partial charge in [-0.15, -0.1) is 0 Å². The maximum atomic E-state index is 10.3. The molecule has 0 radical (unpaired) electrons. The molecule has 0 aliphatic carbocycles. The first-order chi connectivity index (χ1) is 12.1. The van der Waals surface area contributed by atoms with Gasteiger partial charge in [-0.25, -0.2) is 0 Å². The Labute approximate surface area is 147 Å². The molecular weight excluding hydrogens is 312 g/mol. The van der Waals surface area contributed by atoms with Crippen molar-refractivity contribution in [3.63, 3.8) is 0 Å². The van der Waals surface area contributed by atoms with E-state index in [2.05, 4.69) is 16.3 Å². The van der Waals surface area contributed by atoms with Gasteiger partial charge >= 0.3 is 0 Å². The predicted octanol–water partition coefficient (Wildman–Crippen LogP) is 5.59. The number of benzene rings is 3. The summed E-state index contributed by atoms with van der Waals surface area (Å²) in [5.74, 6) is -0.337. The van der Waals surface area contributed by atoms with Gasteiger partial charge in [-0.2, -0.15) is 10.2 Å². The van der Waals surface area contributed by atoms with Crippen molar-refractivity contribution < 1.29 is 10.2 Å². The molecule has 0 fully saturated rings. The Bertz CT molecular complexity index is 905. The first-order valence-electron chi connectivity index (χ1n) is 8.10. The summed E-state index contributed by atoms with van der Waals surface area (Å²) < 4.78 is 0. The van der Waals surface area contributed by atoms with E-state index in [1.807, 2.05) is 56.3 Å². The molecule has 25 heavy (non-hydrogen) atoms. The Morgan fingerprint density at radius 3 is 2.32 bits per heavy atom. The van der Waals surface area contributed by atoms with Crippen LogP contribution in [0.5, 0.6) is 11.5 Å². The van der Waals surface area contributed by atoms with Gasteiger partial charge in [-0.1, -0.05) is 60.2 Å². The molecule has 0 heterocycles. The fourth-order valence-corrected chi connectivity index (χ4v) is 2.75. The molecule has 0 bridgehead atoms. The van der Waals surface area contributed by atoms with Crippen LogP contribution in [0.1, 0.15) is 28.3 Å². The molecule has 4 heteroatoms. The van der Waals surface area contributed by atoms with Crippen LogP contribution >= 0.6 is 0 Å². The topological polar surface area (TPSA) is 65.2 Å². The third-order valence-electron chi connectivity index (χ3n) is 4.09. The highest BCUT2D eigenvalue weighted by molar-refractivity contribution is 5.50. The molecular formula is C21H20N2O2. The van der Waals surface area contributed by atoms with Gasteiger partial charge in [-0.05, 0) is 37.1 Å². The molecule has 4 nitrogen and oxygen atoms in total. The summed E-state index contributed by atoms with van der Waals surface area (Å²) in [6, 6.07) is 19.9. The largest absolute Gasteiger partial charge is 0.504 e. The number of azo groups is 1. The van der Waals surface area contributed by atoms with Gasteiger partial charge in [0.15, 0.2) is 11.5 Å². The van der Waals surface area contributed by atoms with Crippen LogP contribution in [-0.2, 0) is 0 Å². The Balaban J connectivity index is 2.06. The molecule has 3 aromatic carbocycles. The number of phenolic OH excluding ortho intramolecular Hbond substituents is 2. The van der Waals surface area contributed by atoms with Crippen LogP contribution in [0, 0.1) is 13.8 Å². The molecule has 0 aliphatic heterocycles. The predicted molar refractivity (Wildman–Crippen MR) is 98.5 cm³/mol. The average Bonchev–Trinajstić information content (AvgIpc) is 2.61. The van der Waals surface area contributed by atoms with Crippen molar-refractivity contribution in [1.29, 1.82) is 0 Å². The van der Waals surface area contributed by atoms with Crippen LogP contribution in [0.15, 0.2) is 77.0 Å². The zero-order valence-corrected chi connectivity index (χ0v) is 14.2. The smallest absolute Gasteiger partial charge is 0.163 e. The van der Waals surface area contributed by atoms with Crippen LogP contribution < -0.4 is 0 Å². The molecule has 3 rings (SSSR count). The summed E-state index contributed by atoms with van der Waals surface area (Å²) in [6.07, 6.45) is 0. The van der Waals surface area contributed by atoms with Crippen LogP contribution in [-0.4, -0.2) is 10.2 Å². The standard InChI is InChI=1S/C21H20N2O2/c1-14-11-12-18(15(2)13-14)22-23-20(16-7-4-3-5-8-16)17-9-6-10-19(24)21(17)25/h3-13,20,24-25H,1-2H3. The third kappa shape index (κ3) is 3.69. The van der Waals surface area contributed by atoms with Gasteiger partial charge in [0.25, 0.3) is 0 Å². The lowest BCUT2D eigenvalue weighted by molar-refractivity contribution is 0.397. The van der Waals surface area contributed by atoms with E-state index in [0.29, 0.717) is 5.56 Å². The minimum absolute atomic E-state index is 0.167. The molecule has 0 saturated heterocycles. The van der Waals surface area contributed by atoms with E-state index in [1.165, 1.54) is 11.6 Å². The fourth-order valence-electron chi connectivity index (χ4n) is 2.75. The maximum Gasteiger partial charge on any atom is 0.163 e. The van der Waals surface area contributed by atoms with Crippen LogP contribution in [0.25, 0.3) is 0 Å². The highest BCUT2D eigenvalue weighted by atomic mass is 16.3. The molecule has 0 aliphatic rings. The Hall–Kier alpha value is -3.14. The summed E-state index contributed by atoms with van der Waals surface area (Å²) in [6.45, 7) is 4.02. The van der Waals surface area contributed by atoms with Gasteiger partial charge in [-0.3, -0.25) is 0 Å². The van der Waals surface area contributed by atoms with Crippen molar-refractivity contribution in [2.24, 2.45) is 10.2 Å². The number of aromatic hydroxyl groups is 2. The Morgan fingerprint density at radius 2 is 1.60 bits per heavy atom. The number of phenols is 2. The van der Waals surface area contributed by atoms with Gasteiger partial charge in [0.2, 0.25) is 0 Å². The van der Waals surface area contributed by atoms with Crippen molar-refractivity contribution in [1.82, 2.24) is 0 Å². The summed E-state index contributed by atoms with van der Waals surface area (Å²) in [7, 11) is 0. The summed E-state index contributed by atoms with van der Waals surface area (Å²) in [5.41, 5.74) is 4.39. The first-order valence-corrected chi connectivity index (χ1v) is 8.10. The lowest BCUT2D eigenvalue weighted by Gasteiger charge is -2.14. The van der Waals surface area contributed by atoms with Gasteiger partial charge < -0.3 is 10.2 Å². The van der Waals surface area contributed by atoms with E-state index >= 15 is 0 Å². The Kier molecular flexibility index (Phi) is 4.80. The van der Waals surface area contributed by atoms with Gasteiger partial charge in [0.1, 0.15) is 6.04 Å². The molecule has 0 aromatic heterocycles.